The highest BCUT2D eigenvalue weighted by Crippen LogP contribution is 2.30. The van der Waals surface area contributed by atoms with Crippen molar-refractivity contribution in [2.24, 2.45) is 0 Å². The van der Waals surface area contributed by atoms with Crippen LogP contribution < -0.4 is 4.74 Å². The average Bonchev–Trinajstić information content (AvgIpc) is 2.28. The second-order valence-electron chi connectivity index (χ2n) is 3.27. The molecule has 0 aliphatic carbocycles. The zero-order valence-electron chi connectivity index (χ0n) is 8.84. The minimum atomic E-state index is -0.566. The molecule has 1 aromatic carbocycles. The molecule has 0 aliphatic rings. The van der Waals surface area contributed by atoms with Gasteiger partial charge in [-0.05, 0) is 12.1 Å². The number of aromatic nitrogens is 1. The van der Waals surface area contributed by atoms with Crippen molar-refractivity contribution in [3.8, 4) is 11.6 Å². The summed E-state index contributed by atoms with van der Waals surface area (Å²) < 4.78 is 5.37. The molecule has 1 heterocycles. The summed E-state index contributed by atoms with van der Waals surface area (Å²) in [5.74, 6) is 0.632. The van der Waals surface area contributed by atoms with Crippen LogP contribution in [0.15, 0.2) is 36.4 Å². The van der Waals surface area contributed by atoms with Crippen molar-refractivity contribution in [2.75, 3.05) is 0 Å². The third kappa shape index (κ3) is 2.88. The first-order valence-corrected chi connectivity index (χ1v) is 5.56. The van der Waals surface area contributed by atoms with Crippen molar-refractivity contribution in [3.63, 3.8) is 0 Å². The molecule has 0 saturated carbocycles. The van der Waals surface area contributed by atoms with Gasteiger partial charge in [0.2, 0.25) is 5.88 Å². The van der Waals surface area contributed by atoms with Gasteiger partial charge in [0.05, 0.1) is 4.92 Å². The Labute approximate surface area is 112 Å². The Morgan fingerprint density at radius 1 is 1.22 bits per heavy atom. The van der Waals surface area contributed by atoms with Crippen molar-refractivity contribution < 1.29 is 9.66 Å². The fraction of sp³-hybridized carbons (Fsp3) is 0. The van der Waals surface area contributed by atoms with Gasteiger partial charge in [-0.2, -0.15) is 0 Å². The number of nitrogens with zero attached hydrogens (tertiary/aromatic N) is 2. The van der Waals surface area contributed by atoms with Crippen molar-refractivity contribution in [1.29, 1.82) is 0 Å². The second kappa shape index (κ2) is 5.20. The van der Waals surface area contributed by atoms with Crippen LogP contribution in [-0.4, -0.2) is 9.91 Å². The monoisotopic (exact) mass is 284 g/mol. The fourth-order valence-electron chi connectivity index (χ4n) is 1.27. The number of nitro benzene ring substituents is 1. The molecule has 0 saturated heterocycles. The van der Waals surface area contributed by atoms with Crippen molar-refractivity contribution >= 4 is 28.9 Å². The van der Waals surface area contributed by atoms with Crippen molar-refractivity contribution in [1.82, 2.24) is 4.98 Å². The summed E-state index contributed by atoms with van der Waals surface area (Å²) in [5.41, 5.74) is -0.178. The number of rotatable bonds is 3. The van der Waals surface area contributed by atoms with Gasteiger partial charge in [-0.15, -0.1) is 0 Å². The normalized spacial score (nSPS) is 10.1. The molecule has 0 unspecified atom stereocenters. The van der Waals surface area contributed by atoms with Gasteiger partial charge in [0, 0.05) is 18.2 Å². The van der Waals surface area contributed by atoms with Crippen LogP contribution in [-0.2, 0) is 0 Å². The lowest BCUT2D eigenvalue weighted by atomic mass is 10.3. The number of benzene rings is 1. The maximum atomic E-state index is 10.6. The molecule has 0 N–H and O–H groups in total. The number of hydrogen-bond acceptors (Lipinski definition) is 4. The van der Waals surface area contributed by atoms with E-state index in [9.17, 15) is 10.1 Å². The van der Waals surface area contributed by atoms with Crippen LogP contribution in [0, 0.1) is 10.1 Å². The molecule has 0 radical (unpaired) electrons. The maximum Gasteiger partial charge on any atom is 0.288 e. The summed E-state index contributed by atoms with van der Waals surface area (Å²) in [4.78, 5) is 13.9. The molecule has 0 spiro atoms. The van der Waals surface area contributed by atoms with E-state index < -0.39 is 4.92 Å². The van der Waals surface area contributed by atoms with Crippen molar-refractivity contribution in [3.05, 3.63) is 56.7 Å². The Morgan fingerprint density at radius 3 is 2.61 bits per heavy atom. The number of ether oxygens (including phenoxy) is 1. The lowest BCUT2D eigenvalue weighted by Crippen LogP contribution is -1.91. The number of pyridine rings is 1. The first-order valence-electron chi connectivity index (χ1n) is 4.80. The van der Waals surface area contributed by atoms with E-state index in [1.54, 1.807) is 18.2 Å². The van der Waals surface area contributed by atoms with E-state index in [1.165, 1.54) is 18.2 Å². The maximum absolute atomic E-state index is 10.6. The molecule has 18 heavy (non-hydrogen) atoms. The first kappa shape index (κ1) is 12.6. The molecular weight excluding hydrogens is 279 g/mol. The third-order valence-corrected chi connectivity index (χ3v) is 2.54. The standard InChI is InChI=1S/C11H6Cl2N2O3/c12-8-6-7(4-5-9(8)15(16)17)18-11-3-1-2-10(13)14-11/h1-6H. The lowest BCUT2D eigenvalue weighted by Gasteiger charge is -2.05. The number of nitro groups is 1. The van der Waals surface area contributed by atoms with E-state index in [-0.39, 0.29) is 16.6 Å². The summed E-state index contributed by atoms with van der Waals surface area (Å²) in [6.07, 6.45) is 0. The minimum absolute atomic E-state index is 0.000437. The van der Waals surface area contributed by atoms with Gasteiger partial charge in [0.25, 0.3) is 5.69 Å². The van der Waals surface area contributed by atoms with Crippen LogP contribution in [0.25, 0.3) is 0 Å². The minimum Gasteiger partial charge on any atom is -0.439 e. The van der Waals surface area contributed by atoms with E-state index in [1.807, 2.05) is 0 Å². The molecule has 0 atom stereocenters. The Hall–Kier alpha value is -1.85. The topological polar surface area (TPSA) is 65.3 Å². The summed E-state index contributed by atoms with van der Waals surface area (Å²) in [7, 11) is 0. The predicted octanol–water partition coefficient (Wildman–Crippen LogP) is 4.09. The number of halogens is 2. The molecule has 0 fully saturated rings. The Bertz CT molecular complexity index is 605. The largest absolute Gasteiger partial charge is 0.439 e. The Morgan fingerprint density at radius 2 is 2.00 bits per heavy atom. The number of hydrogen-bond donors (Lipinski definition) is 0. The molecule has 0 bridgehead atoms. The first-order chi connectivity index (χ1) is 8.56. The van der Waals surface area contributed by atoms with Gasteiger partial charge < -0.3 is 4.74 Å². The van der Waals surface area contributed by atoms with Gasteiger partial charge in [0.15, 0.2) is 0 Å². The zero-order chi connectivity index (χ0) is 13.1. The van der Waals surface area contributed by atoms with E-state index in [0.29, 0.717) is 10.9 Å². The van der Waals surface area contributed by atoms with Crippen LogP contribution in [0.5, 0.6) is 11.6 Å². The van der Waals surface area contributed by atoms with E-state index in [4.69, 9.17) is 27.9 Å². The van der Waals surface area contributed by atoms with E-state index >= 15 is 0 Å². The van der Waals surface area contributed by atoms with Gasteiger partial charge in [-0.3, -0.25) is 10.1 Å². The van der Waals surface area contributed by atoms with Crippen molar-refractivity contribution in [2.45, 2.75) is 0 Å². The molecule has 2 aromatic rings. The molecule has 92 valence electrons. The highest BCUT2D eigenvalue weighted by molar-refractivity contribution is 6.32. The molecule has 7 heteroatoms. The van der Waals surface area contributed by atoms with Crippen LogP contribution in [0.2, 0.25) is 10.2 Å². The van der Waals surface area contributed by atoms with Gasteiger partial charge in [0.1, 0.15) is 15.9 Å². The third-order valence-electron chi connectivity index (χ3n) is 2.03. The molecule has 1 aromatic heterocycles. The van der Waals surface area contributed by atoms with Crippen LogP contribution in [0.4, 0.5) is 5.69 Å². The van der Waals surface area contributed by atoms with Gasteiger partial charge in [-0.1, -0.05) is 29.3 Å². The second-order valence-corrected chi connectivity index (χ2v) is 4.07. The quantitative estimate of drug-likeness (QED) is 0.484. The van der Waals surface area contributed by atoms with E-state index in [2.05, 4.69) is 4.98 Å². The average molecular weight is 285 g/mol. The molecule has 2 rings (SSSR count). The predicted molar refractivity (Wildman–Crippen MR) is 67.4 cm³/mol. The molecule has 5 nitrogen and oxygen atoms in total. The highest BCUT2D eigenvalue weighted by atomic mass is 35.5. The van der Waals surface area contributed by atoms with Crippen LogP contribution >= 0.6 is 23.2 Å². The smallest absolute Gasteiger partial charge is 0.288 e. The molecule has 0 aliphatic heterocycles. The Kier molecular flexibility index (Phi) is 3.64. The lowest BCUT2D eigenvalue weighted by molar-refractivity contribution is -0.384. The Balaban J connectivity index is 2.25. The summed E-state index contributed by atoms with van der Waals surface area (Å²) in [6.45, 7) is 0. The zero-order valence-corrected chi connectivity index (χ0v) is 10.4. The summed E-state index contributed by atoms with van der Waals surface area (Å²) >= 11 is 11.5. The SMILES string of the molecule is O=[N+]([O-])c1ccc(Oc2cccc(Cl)n2)cc1Cl. The summed E-state index contributed by atoms with van der Waals surface area (Å²) in [6, 6.07) is 8.95. The fourth-order valence-corrected chi connectivity index (χ4v) is 1.66. The molecule has 0 amide bonds. The van der Waals surface area contributed by atoms with Gasteiger partial charge >= 0.3 is 0 Å². The highest BCUT2D eigenvalue weighted by Gasteiger charge is 2.13. The van der Waals surface area contributed by atoms with Crippen LogP contribution in [0.3, 0.4) is 0 Å². The van der Waals surface area contributed by atoms with E-state index in [0.717, 1.165) is 0 Å². The van der Waals surface area contributed by atoms with Crippen LogP contribution in [0.1, 0.15) is 0 Å². The molecular formula is C11H6Cl2N2O3. The van der Waals surface area contributed by atoms with Gasteiger partial charge in [-0.25, -0.2) is 4.98 Å². The summed E-state index contributed by atoms with van der Waals surface area (Å²) in [5, 5.41) is 10.9.